The molecule has 0 fully saturated rings. The largest absolute Gasteiger partial charge is 0.310 e. The van der Waals surface area contributed by atoms with E-state index in [1.165, 1.54) is 24.8 Å². The summed E-state index contributed by atoms with van der Waals surface area (Å²) in [4.78, 5) is 0. The summed E-state index contributed by atoms with van der Waals surface area (Å²) >= 11 is 12.0. The van der Waals surface area contributed by atoms with E-state index in [-0.39, 0.29) is 0 Å². The molecule has 0 saturated carbocycles. The molecule has 3 heteroatoms. The standard InChI is InChI=1S/C14H21Cl2N/c1-3-5-6-7-14(17-4-2)11-8-9-12(15)13(16)10-11/h8-10,14,17H,3-7H2,1-2H3. The summed E-state index contributed by atoms with van der Waals surface area (Å²) in [6.07, 6.45) is 4.93. The van der Waals surface area contributed by atoms with Crippen molar-refractivity contribution in [1.82, 2.24) is 5.32 Å². The number of hydrogen-bond donors (Lipinski definition) is 1. The highest BCUT2D eigenvalue weighted by molar-refractivity contribution is 6.42. The second-order valence-corrected chi connectivity index (χ2v) is 5.09. The van der Waals surface area contributed by atoms with Crippen molar-refractivity contribution in [2.75, 3.05) is 6.54 Å². The summed E-state index contributed by atoms with van der Waals surface area (Å²) in [5.74, 6) is 0. The lowest BCUT2D eigenvalue weighted by Gasteiger charge is -2.18. The van der Waals surface area contributed by atoms with Crippen LogP contribution in [0.2, 0.25) is 10.0 Å². The quantitative estimate of drug-likeness (QED) is 0.672. The topological polar surface area (TPSA) is 12.0 Å². The molecule has 1 aromatic rings. The zero-order valence-electron chi connectivity index (χ0n) is 10.6. The van der Waals surface area contributed by atoms with E-state index in [0.717, 1.165) is 13.0 Å². The third-order valence-electron chi connectivity index (χ3n) is 2.89. The fraction of sp³-hybridized carbons (Fsp3) is 0.571. The van der Waals surface area contributed by atoms with E-state index in [1.54, 1.807) is 0 Å². The van der Waals surface area contributed by atoms with E-state index in [4.69, 9.17) is 23.2 Å². The zero-order valence-corrected chi connectivity index (χ0v) is 12.1. The van der Waals surface area contributed by atoms with Crippen LogP contribution in [0.25, 0.3) is 0 Å². The van der Waals surface area contributed by atoms with Crippen LogP contribution in [0, 0.1) is 0 Å². The summed E-state index contributed by atoms with van der Waals surface area (Å²) in [7, 11) is 0. The zero-order chi connectivity index (χ0) is 12.7. The number of rotatable bonds is 7. The number of nitrogens with one attached hydrogen (secondary N) is 1. The Morgan fingerprint density at radius 1 is 1.12 bits per heavy atom. The van der Waals surface area contributed by atoms with Crippen molar-refractivity contribution in [3.05, 3.63) is 33.8 Å². The summed E-state index contributed by atoms with van der Waals surface area (Å²) < 4.78 is 0. The highest BCUT2D eigenvalue weighted by atomic mass is 35.5. The molecular formula is C14H21Cl2N. The van der Waals surface area contributed by atoms with E-state index in [9.17, 15) is 0 Å². The van der Waals surface area contributed by atoms with Crippen LogP contribution < -0.4 is 5.32 Å². The van der Waals surface area contributed by atoms with E-state index in [1.807, 2.05) is 12.1 Å². The van der Waals surface area contributed by atoms with Crippen LogP contribution in [0.3, 0.4) is 0 Å². The van der Waals surface area contributed by atoms with Crippen LogP contribution >= 0.6 is 23.2 Å². The normalized spacial score (nSPS) is 12.7. The lowest BCUT2D eigenvalue weighted by Crippen LogP contribution is -2.20. The molecule has 1 N–H and O–H groups in total. The lowest BCUT2D eigenvalue weighted by molar-refractivity contribution is 0.486. The monoisotopic (exact) mass is 273 g/mol. The lowest BCUT2D eigenvalue weighted by atomic mass is 10.0. The molecule has 1 rings (SSSR count). The van der Waals surface area contributed by atoms with Crippen LogP contribution in [0.5, 0.6) is 0 Å². The van der Waals surface area contributed by atoms with Gasteiger partial charge in [0, 0.05) is 6.04 Å². The molecule has 1 unspecified atom stereocenters. The van der Waals surface area contributed by atoms with Crippen molar-refractivity contribution in [3.8, 4) is 0 Å². The molecular weight excluding hydrogens is 253 g/mol. The second-order valence-electron chi connectivity index (χ2n) is 4.28. The van der Waals surface area contributed by atoms with Gasteiger partial charge in [-0.2, -0.15) is 0 Å². The van der Waals surface area contributed by atoms with E-state index < -0.39 is 0 Å². The smallest absolute Gasteiger partial charge is 0.0595 e. The number of unbranched alkanes of at least 4 members (excludes halogenated alkanes) is 2. The maximum Gasteiger partial charge on any atom is 0.0595 e. The van der Waals surface area contributed by atoms with Gasteiger partial charge in [0.1, 0.15) is 0 Å². The molecule has 1 nitrogen and oxygen atoms in total. The molecule has 0 spiro atoms. The van der Waals surface area contributed by atoms with Crippen LogP contribution in [0.15, 0.2) is 18.2 Å². The third kappa shape index (κ3) is 4.87. The minimum Gasteiger partial charge on any atom is -0.310 e. The van der Waals surface area contributed by atoms with Crippen molar-refractivity contribution in [2.24, 2.45) is 0 Å². The molecule has 0 aliphatic heterocycles. The molecule has 1 atom stereocenters. The molecule has 0 aliphatic carbocycles. The summed E-state index contributed by atoms with van der Waals surface area (Å²) in [5.41, 5.74) is 1.23. The fourth-order valence-corrected chi connectivity index (χ4v) is 2.27. The fourth-order valence-electron chi connectivity index (χ4n) is 1.96. The van der Waals surface area contributed by atoms with Crippen molar-refractivity contribution < 1.29 is 0 Å². The van der Waals surface area contributed by atoms with Crippen molar-refractivity contribution in [1.29, 1.82) is 0 Å². The van der Waals surface area contributed by atoms with Crippen LogP contribution in [-0.2, 0) is 0 Å². The predicted molar refractivity (Wildman–Crippen MR) is 77.0 cm³/mol. The molecule has 0 radical (unpaired) electrons. The van der Waals surface area contributed by atoms with Gasteiger partial charge in [0.2, 0.25) is 0 Å². The molecule has 1 aromatic carbocycles. The first-order valence-corrected chi connectivity index (χ1v) is 7.13. The molecule has 17 heavy (non-hydrogen) atoms. The van der Waals surface area contributed by atoms with Crippen LogP contribution in [0.1, 0.15) is 51.1 Å². The maximum absolute atomic E-state index is 6.06. The highest BCUT2D eigenvalue weighted by Gasteiger charge is 2.11. The summed E-state index contributed by atoms with van der Waals surface area (Å²) in [6.45, 7) is 5.32. The van der Waals surface area contributed by atoms with Gasteiger partial charge < -0.3 is 5.32 Å². The van der Waals surface area contributed by atoms with E-state index >= 15 is 0 Å². The van der Waals surface area contributed by atoms with E-state index in [0.29, 0.717) is 16.1 Å². The second kappa shape index (κ2) is 7.97. The average molecular weight is 274 g/mol. The van der Waals surface area contributed by atoms with Crippen molar-refractivity contribution in [2.45, 2.75) is 45.6 Å². The van der Waals surface area contributed by atoms with Gasteiger partial charge in [-0.25, -0.2) is 0 Å². The van der Waals surface area contributed by atoms with Gasteiger partial charge in [0.25, 0.3) is 0 Å². The average Bonchev–Trinajstić information content (AvgIpc) is 2.32. The first-order valence-electron chi connectivity index (χ1n) is 6.37. The Bertz CT molecular complexity index is 339. The summed E-state index contributed by atoms with van der Waals surface area (Å²) in [6, 6.07) is 6.31. The van der Waals surface area contributed by atoms with E-state index in [2.05, 4.69) is 25.2 Å². The SMILES string of the molecule is CCCCCC(NCC)c1ccc(Cl)c(Cl)c1. The molecule has 0 amide bonds. The molecule has 0 aromatic heterocycles. The highest BCUT2D eigenvalue weighted by Crippen LogP contribution is 2.27. The van der Waals surface area contributed by atoms with Gasteiger partial charge in [0.05, 0.1) is 10.0 Å². The van der Waals surface area contributed by atoms with Gasteiger partial charge in [0.15, 0.2) is 0 Å². The Kier molecular flexibility index (Phi) is 6.94. The predicted octanol–water partition coefficient (Wildman–Crippen LogP) is 5.22. The maximum atomic E-state index is 6.06. The van der Waals surface area contributed by atoms with Gasteiger partial charge in [-0.15, -0.1) is 0 Å². The van der Waals surface area contributed by atoms with Gasteiger partial charge >= 0.3 is 0 Å². The minimum atomic E-state index is 0.390. The van der Waals surface area contributed by atoms with Crippen molar-refractivity contribution >= 4 is 23.2 Å². The molecule has 0 heterocycles. The Morgan fingerprint density at radius 3 is 2.47 bits per heavy atom. The number of hydrogen-bond acceptors (Lipinski definition) is 1. The van der Waals surface area contributed by atoms with Gasteiger partial charge in [-0.1, -0.05) is 62.4 Å². The summed E-state index contributed by atoms with van der Waals surface area (Å²) in [5, 5.41) is 4.77. The Hall–Kier alpha value is -0.240. The molecule has 96 valence electrons. The molecule has 0 saturated heterocycles. The first-order chi connectivity index (χ1) is 8.19. The van der Waals surface area contributed by atoms with Gasteiger partial charge in [-0.3, -0.25) is 0 Å². The molecule has 0 aliphatic rings. The third-order valence-corrected chi connectivity index (χ3v) is 3.63. The number of benzene rings is 1. The molecule has 0 bridgehead atoms. The van der Waals surface area contributed by atoms with Crippen LogP contribution in [-0.4, -0.2) is 6.54 Å². The Balaban J connectivity index is 2.70. The van der Waals surface area contributed by atoms with Gasteiger partial charge in [-0.05, 0) is 30.7 Å². The number of halogens is 2. The van der Waals surface area contributed by atoms with Crippen LogP contribution in [0.4, 0.5) is 0 Å². The first kappa shape index (κ1) is 14.8. The minimum absolute atomic E-state index is 0.390. The Morgan fingerprint density at radius 2 is 1.88 bits per heavy atom. The Labute approximate surface area is 115 Å². The van der Waals surface area contributed by atoms with Crippen molar-refractivity contribution in [3.63, 3.8) is 0 Å².